The number of ether oxygens (including phenoxy) is 1. The molecule has 2 aliphatic rings. The van der Waals surface area contributed by atoms with Crippen molar-refractivity contribution in [3.8, 4) is 34.3 Å². The molecular weight excluding hydrogens is 557 g/mol. The number of rotatable bonds is 2. The summed E-state index contributed by atoms with van der Waals surface area (Å²) in [6.07, 6.45) is 7.26. The van der Waals surface area contributed by atoms with Crippen molar-refractivity contribution < 1.29 is 25.8 Å². The zero-order valence-electron chi connectivity index (χ0n) is 15.8. The molecule has 0 amide bonds. The SMILES string of the molecule is [C-]#[N+]c1cnc2n1CCc1ccc(Oc3[c-]c4c(cc3)CCn3ccnc3-4)[c-]c1-2.[Pt+2]. The van der Waals surface area contributed by atoms with Gasteiger partial charge in [0.05, 0.1) is 12.4 Å². The Kier molecular flexibility index (Phi) is 4.56. The molecule has 0 atom stereocenters. The molecule has 4 heterocycles. The molecular formula is C23H15N5OPt. The van der Waals surface area contributed by atoms with Crippen molar-refractivity contribution in [1.82, 2.24) is 19.1 Å². The predicted molar refractivity (Wildman–Crippen MR) is 107 cm³/mol. The van der Waals surface area contributed by atoms with E-state index in [2.05, 4.69) is 43.6 Å². The van der Waals surface area contributed by atoms with Gasteiger partial charge in [-0.25, -0.2) is 0 Å². The van der Waals surface area contributed by atoms with Crippen LogP contribution in [0.2, 0.25) is 0 Å². The standard InChI is InChI=1S/C23H15N5O.Pt/c1-24-21-14-26-23-20-13-18(5-3-16(20)7-10-28(21)23)29-17-4-2-15-6-9-27-11-8-25-22(27)19(15)12-17;/h2-5,8,11,14H,6-7,9-10H2;/q-2;+2. The van der Waals surface area contributed by atoms with Crippen LogP contribution in [-0.4, -0.2) is 19.1 Å². The van der Waals surface area contributed by atoms with Gasteiger partial charge in [-0.05, 0) is 12.8 Å². The number of hydrogen-bond donors (Lipinski definition) is 0. The summed E-state index contributed by atoms with van der Waals surface area (Å²) in [6, 6.07) is 14.8. The van der Waals surface area contributed by atoms with Crippen LogP contribution in [0, 0.1) is 18.7 Å². The molecule has 0 saturated heterocycles. The van der Waals surface area contributed by atoms with Crippen LogP contribution in [0.1, 0.15) is 11.1 Å². The van der Waals surface area contributed by atoms with Gasteiger partial charge >= 0.3 is 21.1 Å². The first-order valence-corrected chi connectivity index (χ1v) is 9.53. The number of nitrogens with zero attached hydrogens (tertiary/aromatic N) is 5. The van der Waals surface area contributed by atoms with E-state index in [9.17, 15) is 0 Å². The van der Waals surface area contributed by atoms with Crippen LogP contribution in [0.25, 0.3) is 27.6 Å². The summed E-state index contributed by atoms with van der Waals surface area (Å²) < 4.78 is 10.2. The number of benzene rings is 2. The zero-order chi connectivity index (χ0) is 19.4. The van der Waals surface area contributed by atoms with E-state index in [1.165, 1.54) is 11.1 Å². The molecule has 2 aliphatic heterocycles. The number of imidazole rings is 2. The monoisotopic (exact) mass is 572 g/mol. The first-order chi connectivity index (χ1) is 14.3. The van der Waals surface area contributed by atoms with Gasteiger partial charge in [-0.3, -0.25) is 9.97 Å². The maximum absolute atomic E-state index is 7.31. The summed E-state index contributed by atoms with van der Waals surface area (Å²) in [5.41, 5.74) is 4.30. The van der Waals surface area contributed by atoms with Crippen LogP contribution in [0.4, 0.5) is 5.82 Å². The van der Waals surface area contributed by atoms with E-state index in [0.717, 1.165) is 48.7 Å². The average Bonchev–Trinajstić information content (AvgIpc) is 3.40. The van der Waals surface area contributed by atoms with Crippen molar-refractivity contribution in [2.24, 2.45) is 0 Å². The summed E-state index contributed by atoms with van der Waals surface area (Å²) in [6.45, 7) is 9.01. The zero-order valence-corrected chi connectivity index (χ0v) is 18.1. The molecule has 0 bridgehead atoms. The molecule has 2 aromatic carbocycles. The van der Waals surface area contributed by atoms with Gasteiger partial charge in [-0.2, -0.15) is 0 Å². The Hall–Kier alpha value is -3.16. The van der Waals surface area contributed by atoms with Crippen molar-refractivity contribution in [2.75, 3.05) is 0 Å². The van der Waals surface area contributed by atoms with Gasteiger partial charge in [0.15, 0.2) is 0 Å². The fourth-order valence-electron chi connectivity index (χ4n) is 4.13. The molecule has 0 radical (unpaired) electrons. The van der Waals surface area contributed by atoms with E-state index < -0.39 is 0 Å². The molecule has 148 valence electrons. The van der Waals surface area contributed by atoms with Crippen LogP contribution in [-0.2, 0) is 47.0 Å². The van der Waals surface area contributed by atoms with Gasteiger partial charge in [0.2, 0.25) is 5.82 Å². The van der Waals surface area contributed by atoms with E-state index >= 15 is 0 Å². The second-order valence-electron chi connectivity index (χ2n) is 7.20. The Morgan fingerprint density at radius 2 is 1.63 bits per heavy atom. The summed E-state index contributed by atoms with van der Waals surface area (Å²) in [5, 5.41) is 0. The van der Waals surface area contributed by atoms with Gasteiger partial charge in [-0.1, -0.05) is 24.3 Å². The fraction of sp³-hybridized carbons (Fsp3) is 0.174. The van der Waals surface area contributed by atoms with Crippen LogP contribution in [0.15, 0.2) is 42.9 Å². The molecule has 6 rings (SSSR count). The van der Waals surface area contributed by atoms with Crippen LogP contribution in [0.3, 0.4) is 0 Å². The molecule has 0 unspecified atom stereocenters. The van der Waals surface area contributed by atoms with Gasteiger partial charge in [-0.15, -0.1) is 41.0 Å². The van der Waals surface area contributed by atoms with Gasteiger partial charge < -0.3 is 18.7 Å². The maximum atomic E-state index is 7.31. The largest absolute Gasteiger partial charge is 2.00 e. The van der Waals surface area contributed by atoms with Gasteiger partial charge in [0, 0.05) is 36.6 Å². The molecule has 0 spiro atoms. The number of aromatic nitrogens is 4. The Bertz CT molecular complexity index is 1310. The molecule has 0 aliphatic carbocycles. The molecule has 0 saturated carbocycles. The minimum absolute atomic E-state index is 0. The Morgan fingerprint density at radius 1 is 0.933 bits per heavy atom. The van der Waals surface area contributed by atoms with Crippen molar-refractivity contribution in [1.29, 1.82) is 0 Å². The molecule has 0 N–H and O–H groups in total. The summed E-state index contributed by atoms with van der Waals surface area (Å²) in [4.78, 5) is 12.5. The molecule has 7 heteroatoms. The fourth-order valence-corrected chi connectivity index (χ4v) is 4.13. The second-order valence-corrected chi connectivity index (χ2v) is 7.20. The molecule has 2 aromatic heterocycles. The summed E-state index contributed by atoms with van der Waals surface area (Å²) in [7, 11) is 0. The van der Waals surface area contributed by atoms with E-state index in [1.807, 2.05) is 29.1 Å². The summed E-state index contributed by atoms with van der Waals surface area (Å²) >= 11 is 0. The Morgan fingerprint density at radius 3 is 2.37 bits per heavy atom. The van der Waals surface area contributed by atoms with E-state index in [1.54, 1.807) is 6.20 Å². The van der Waals surface area contributed by atoms with Crippen molar-refractivity contribution in [3.63, 3.8) is 0 Å². The summed E-state index contributed by atoms with van der Waals surface area (Å²) in [5.74, 6) is 3.51. The molecule has 30 heavy (non-hydrogen) atoms. The molecule has 6 nitrogen and oxygen atoms in total. The predicted octanol–water partition coefficient (Wildman–Crippen LogP) is 4.47. The van der Waals surface area contributed by atoms with Crippen molar-refractivity contribution in [2.45, 2.75) is 25.9 Å². The van der Waals surface area contributed by atoms with Crippen molar-refractivity contribution >= 4 is 5.82 Å². The normalized spacial score (nSPS) is 13.2. The van der Waals surface area contributed by atoms with Gasteiger partial charge in [0.1, 0.15) is 5.82 Å². The number of aryl methyl sites for hydroxylation is 3. The van der Waals surface area contributed by atoms with Crippen molar-refractivity contribution in [3.05, 3.63) is 77.5 Å². The number of fused-ring (bicyclic) bond motifs is 6. The Balaban J connectivity index is 0.00000193. The van der Waals surface area contributed by atoms with Gasteiger partial charge in [0.25, 0.3) is 0 Å². The molecule has 0 fully saturated rings. The van der Waals surface area contributed by atoms with Crippen LogP contribution < -0.4 is 4.74 Å². The van der Waals surface area contributed by atoms with Crippen LogP contribution in [0.5, 0.6) is 11.5 Å². The van der Waals surface area contributed by atoms with E-state index in [4.69, 9.17) is 11.3 Å². The first-order valence-electron chi connectivity index (χ1n) is 9.53. The molecule has 4 aromatic rings. The topological polar surface area (TPSA) is 49.2 Å². The first kappa shape index (κ1) is 18.8. The quantitative estimate of drug-likeness (QED) is 0.334. The second kappa shape index (κ2) is 7.27. The smallest absolute Gasteiger partial charge is 0.497 e. The third-order valence-electron chi connectivity index (χ3n) is 5.57. The minimum atomic E-state index is 0. The number of hydrogen-bond acceptors (Lipinski definition) is 3. The Labute approximate surface area is 188 Å². The average molecular weight is 572 g/mol. The van der Waals surface area contributed by atoms with E-state index in [0.29, 0.717) is 17.3 Å². The third-order valence-corrected chi connectivity index (χ3v) is 5.57. The third kappa shape index (κ3) is 2.89. The minimum Gasteiger partial charge on any atom is -0.497 e. The van der Waals surface area contributed by atoms with Crippen LogP contribution >= 0.6 is 0 Å². The van der Waals surface area contributed by atoms with E-state index in [-0.39, 0.29) is 21.1 Å². The maximum Gasteiger partial charge on any atom is 2.00 e.